The van der Waals surface area contributed by atoms with Crippen molar-refractivity contribution in [1.82, 2.24) is 19.6 Å². The Morgan fingerprint density at radius 2 is 1.79 bits per heavy atom. The Hall–Kier alpha value is -2.88. The minimum atomic E-state index is 0.258. The zero-order valence-electron chi connectivity index (χ0n) is 13.6. The molecule has 1 aliphatic heterocycles. The highest BCUT2D eigenvalue weighted by Crippen LogP contribution is 2.38. The standard InChI is InChI=1S/C20H18N4/c1-14-16(15-7-3-2-4-8-15)13-20-19(11-12-23(14)20)24-18-10-6-5-9-17(18)21-22-24/h2-10,13,19H,11-12H2,1H3. The number of rotatable bonds is 2. The normalized spacial score (nSPS) is 16.6. The van der Waals surface area contributed by atoms with Crippen LogP contribution in [-0.2, 0) is 6.54 Å². The Balaban J connectivity index is 1.65. The number of para-hydroxylation sites is 1. The Morgan fingerprint density at radius 1 is 1.00 bits per heavy atom. The molecule has 2 aromatic heterocycles. The molecule has 1 unspecified atom stereocenters. The van der Waals surface area contributed by atoms with Crippen LogP contribution in [0.5, 0.6) is 0 Å². The lowest BCUT2D eigenvalue weighted by Gasteiger charge is -2.10. The first-order valence-corrected chi connectivity index (χ1v) is 8.38. The van der Waals surface area contributed by atoms with E-state index in [-0.39, 0.29) is 6.04 Å². The van der Waals surface area contributed by atoms with Gasteiger partial charge in [-0.3, -0.25) is 0 Å². The minimum absolute atomic E-state index is 0.258. The highest BCUT2D eigenvalue weighted by atomic mass is 15.4. The first-order valence-electron chi connectivity index (χ1n) is 8.38. The molecule has 4 nitrogen and oxygen atoms in total. The van der Waals surface area contributed by atoms with Crippen LogP contribution in [0.3, 0.4) is 0 Å². The van der Waals surface area contributed by atoms with Gasteiger partial charge in [0.15, 0.2) is 0 Å². The van der Waals surface area contributed by atoms with Crippen LogP contribution in [0.15, 0.2) is 60.7 Å². The molecule has 2 aromatic carbocycles. The fourth-order valence-corrected chi connectivity index (χ4v) is 3.92. The first-order chi connectivity index (χ1) is 11.8. The summed E-state index contributed by atoms with van der Waals surface area (Å²) in [4.78, 5) is 0. The topological polar surface area (TPSA) is 35.6 Å². The van der Waals surface area contributed by atoms with Crippen molar-refractivity contribution in [3.8, 4) is 11.1 Å². The smallest absolute Gasteiger partial charge is 0.113 e. The quantitative estimate of drug-likeness (QED) is 0.556. The number of benzene rings is 2. The Morgan fingerprint density at radius 3 is 2.67 bits per heavy atom. The summed E-state index contributed by atoms with van der Waals surface area (Å²) in [5.41, 5.74) is 7.34. The van der Waals surface area contributed by atoms with Crippen LogP contribution in [0, 0.1) is 6.92 Å². The molecule has 4 aromatic rings. The summed E-state index contributed by atoms with van der Waals surface area (Å²) in [5, 5.41) is 8.77. The van der Waals surface area contributed by atoms with Gasteiger partial charge in [-0.1, -0.05) is 47.7 Å². The molecule has 118 valence electrons. The summed E-state index contributed by atoms with van der Waals surface area (Å²) in [7, 11) is 0. The third-order valence-corrected chi connectivity index (χ3v) is 5.12. The highest BCUT2D eigenvalue weighted by molar-refractivity contribution is 5.74. The first kappa shape index (κ1) is 13.5. The Kier molecular flexibility index (Phi) is 2.86. The molecule has 24 heavy (non-hydrogen) atoms. The van der Waals surface area contributed by atoms with E-state index in [0.717, 1.165) is 24.0 Å². The molecule has 0 spiro atoms. The molecule has 0 saturated heterocycles. The van der Waals surface area contributed by atoms with Gasteiger partial charge in [0.05, 0.1) is 11.6 Å². The fraction of sp³-hybridized carbons (Fsp3) is 0.200. The maximum Gasteiger partial charge on any atom is 0.113 e. The Labute approximate surface area is 140 Å². The number of hydrogen-bond acceptors (Lipinski definition) is 2. The van der Waals surface area contributed by atoms with E-state index in [2.05, 4.69) is 75.0 Å². The Bertz CT molecular complexity index is 1030. The van der Waals surface area contributed by atoms with Gasteiger partial charge in [0.2, 0.25) is 0 Å². The van der Waals surface area contributed by atoms with Gasteiger partial charge in [-0.05, 0) is 37.1 Å². The molecule has 1 aliphatic rings. The summed E-state index contributed by atoms with van der Waals surface area (Å²) in [5.74, 6) is 0. The van der Waals surface area contributed by atoms with E-state index in [1.54, 1.807) is 0 Å². The van der Waals surface area contributed by atoms with Gasteiger partial charge in [0.25, 0.3) is 0 Å². The van der Waals surface area contributed by atoms with Crippen molar-refractivity contribution in [2.45, 2.75) is 25.9 Å². The van der Waals surface area contributed by atoms with E-state index < -0.39 is 0 Å². The molecule has 0 aliphatic carbocycles. The van der Waals surface area contributed by atoms with Crippen LogP contribution in [0.4, 0.5) is 0 Å². The molecule has 0 bridgehead atoms. The van der Waals surface area contributed by atoms with Crippen LogP contribution in [0.1, 0.15) is 23.9 Å². The highest BCUT2D eigenvalue weighted by Gasteiger charge is 2.29. The summed E-state index contributed by atoms with van der Waals surface area (Å²) in [6.07, 6.45) is 1.07. The summed E-state index contributed by atoms with van der Waals surface area (Å²) < 4.78 is 4.52. The van der Waals surface area contributed by atoms with Gasteiger partial charge in [0, 0.05) is 23.5 Å². The molecular formula is C20H18N4. The maximum absolute atomic E-state index is 4.44. The minimum Gasteiger partial charge on any atom is -0.346 e. The van der Waals surface area contributed by atoms with Gasteiger partial charge < -0.3 is 4.57 Å². The van der Waals surface area contributed by atoms with E-state index in [1.165, 1.54) is 22.5 Å². The number of nitrogens with zero attached hydrogens (tertiary/aromatic N) is 4. The van der Waals surface area contributed by atoms with Gasteiger partial charge in [0.1, 0.15) is 5.52 Å². The van der Waals surface area contributed by atoms with E-state index in [9.17, 15) is 0 Å². The molecule has 3 heterocycles. The molecule has 4 heteroatoms. The predicted octanol–water partition coefficient (Wildman–Crippen LogP) is 4.20. The van der Waals surface area contributed by atoms with Crippen molar-refractivity contribution in [3.05, 3.63) is 72.1 Å². The zero-order valence-corrected chi connectivity index (χ0v) is 13.6. The maximum atomic E-state index is 4.44. The SMILES string of the molecule is Cc1c(-c2ccccc2)cc2n1CCC2n1nnc2ccccc21. The van der Waals surface area contributed by atoms with E-state index in [0.29, 0.717) is 0 Å². The van der Waals surface area contributed by atoms with Gasteiger partial charge >= 0.3 is 0 Å². The van der Waals surface area contributed by atoms with Crippen LogP contribution in [0.25, 0.3) is 22.2 Å². The number of aromatic nitrogens is 4. The van der Waals surface area contributed by atoms with E-state index in [1.807, 2.05) is 12.1 Å². The second-order valence-electron chi connectivity index (χ2n) is 6.41. The predicted molar refractivity (Wildman–Crippen MR) is 94.9 cm³/mol. The molecule has 0 N–H and O–H groups in total. The van der Waals surface area contributed by atoms with Crippen molar-refractivity contribution in [3.63, 3.8) is 0 Å². The molecule has 0 fully saturated rings. The van der Waals surface area contributed by atoms with Gasteiger partial charge in [-0.25, -0.2) is 4.68 Å². The lowest BCUT2D eigenvalue weighted by Crippen LogP contribution is -2.09. The molecule has 1 atom stereocenters. The van der Waals surface area contributed by atoms with Gasteiger partial charge in [-0.15, -0.1) is 5.10 Å². The monoisotopic (exact) mass is 314 g/mol. The molecule has 0 amide bonds. The molecule has 5 rings (SSSR count). The zero-order chi connectivity index (χ0) is 16.1. The number of fused-ring (bicyclic) bond motifs is 2. The molecular weight excluding hydrogens is 296 g/mol. The van der Waals surface area contributed by atoms with Gasteiger partial charge in [-0.2, -0.15) is 0 Å². The second kappa shape index (κ2) is 5.06. The molecule has 0 radical (unpaired) electrons. The van der Waals surface area contributed by atoms with E-state index in [4.69, 9.17) is 0 Å². The average Bonchev–Trinajstić information content (AvgIpc) is 3.30. The van der Waals surface area contributed by atoms with Crippen LogP contribution in [0.2, 0.25) is 0 Å². The van der Waals surface area contributed by atoms with E-state index >= 15 is 0 Å². The summed E-state index contributed by atoms with van der Waals surface area (Å²) in [6.45, 7) is 3.25. The second-order valence-corrected chi connectivity index (χ2v) is 6.41. The summed E-state index contributed by atoms with van der Waals surface area (Å²) >= 11 is 0. The molecule has 0 saturated carbocycles. The largest absolute Gasteiger partial charge is 0.346 e. The van der Waals surface area contributed by atoms with Crippen molar-refractivity contribution in [2.75, 3.05) is 0 Å². The third-order valence-electron chi connectivity index (χ3n) is 5.12. The summed E-state index contributed by atoms with van der Waals surface area (Å²) in [6, 6.07) is 21.4. The van der Waals surface area contributed by atoms with Crippen molar-refractivity contribution >= 4 is 11.0 Å². The number of hydrogen-bond donors (Lipinski definition) is 0. The lowest BCUT2D eigenvalue weighted by molar-refractivity contribution is 0.517. The van der Waals surface area contributed by atoms with Crippen molar-refractivity contribution in [2.24, 2.45) is 0 Å². The van der Waals surface area contributed by atoms with Crippen molar-refractivity contribution < 1.29 is 0 Å². The van der Waals surface area contributed by atoms with Crippen LogP contribution in [-0.4, -0.2) is 19.6 Å². The van der Waals surface area contributed by atoms with Crippen LogP contribution < -0.4 is 0 Å². The fourth-order valence-electron chi connectivity index (χ4n) is 3.92. The third kappa shape index (κ3) is 1.86. The lowest BCUT2D eigenvalue weighted by atomic mass is 10.0. The van der Waals surface area contributed by atoms with Crippen LogP contribution >= 0.6 is 0 Å². The van der Waals surface area contributed by atoms with Crippen molar-refractivity contribution in [1.29, 1.82) is 0 Å². The average molecular weight is 314 g/mol.